The van der Waals surface area contributed by atoms with Crippen molar-refractivity contribution in [1.29, 1.82) is 0 Å². The summed E-state index contributed by atoms with van der Waals surface area (Å²) in [6, 6.07) is 0.243. The molecule has 2 heterocycles. The highest BCUT2D eigenvalue weighted by Gasteiger charge is 2.41. The molecule has 0 saturated carbocycles. The Morgan fingerprint density at radius 3 is 2.63 bits per heavy atom. The van der Waals surface area contributed by atoms with Crippen molar-refractivity contribution in [1.82, 2.24) is 15.0 Å². The zero-order valence-corrected chi connectivity index (χ0v) is 13.3. The molecule has 2 rings (SSSR count). The fraction of sp³-hybridized carbons (Fsp3) is 0.846. The van der Waals surface area contributed by atoms with Gasteiger partial charge in [-0.3, -0.25) is 4.90 Å². The van der Waals surface area contributed by atoms with Gasteiger partial charge in [0.1, 0.15) is 0 Å². The van der Waals surface area contributed by atoms with Crippen molar-refractivity contribution in [3.8, 4) is 0 Å². The van der Waals surface area contributed by atoms with E-state index in [-0.39, 0.29) is 11.5 Å². The molecular formula is C13H24N4OS. The minimum atomic E-state index is -0.413. The number of hydrogen-bond acceptors (Lipinski definition) is 6. The lowest BCUT2D eigenvalue weighted by atomic mass is 9.75. The van der Waals surface area contributed by atoms with E-state index < -0.39 is 5.54 Å². The molecule has 1 atom stereocenters. The quantitative estimate of drug-likeness (QED) is 0.913. The van der Waals surface area contributed by atoms with Crippen LogP contribution in [0.5, 0.6) is 0 Å². The molecular weight excluding hydrogens is 260 g/mol. The standard InChI is InChI=1S/C13H24N4OS/c1-12(2,13(3,4)14)11-15-10(16-18-11)9-8-19-7-6-17(9)5/h9H,6-8,14H2,1-5H3. The van der Waals surface area contributed by atoms with E-state index in [2.05, 4.69) is 22.1 Å². The third kappa shape index (κ3) is 2.80. The van der Waals surface area contributed by atoms with Crippen LogP contribution >= 0.6 is 11.8 Å². The fourth-order valence-corrected chi connectivity index (χ4v) is 3.07. The van der Waals surface area contributed by atoms with E-state index in [9.17, 15) is 0 Å². The van der Waals surface area contributed by atoms with Crippen molar-refractivity contribution >= 4 is 11.8 Å². The minimum Gasteiger partial charge on any atom is -0.339 e. The molecule has 1 aromatic heterocycles. The van der Waals surface area contributed by atoms with Gasteiger partial charge < -0.3 is 10.3 Å². The van der Waals surface area contributed by atoms with Crippen LogP contribution in [0.3, 0.4) is 0 Å². The molecule has 1 saturated heterocycles. The average molecular weight is 284 g/mol. The topological polar surface area (TPSA) is 68.2 Å². The van der Waals surface area contributed by atoms with Crippen LogP contribution in [0.2, 0.25) is 0 Å². The highest BCUT2D eigenvalue weighted by molar-refractivity contribution is 7.99. The number of nitrogens with zero attached hydrogens (tertiary/aromatic N) is 3. The van der Waals surface area contributed by atoms with Crippen molar-refractivity contribution in [2.24, 2.45) is 5.73 Å². The number of hydrogen-bond donors (Lipinski definition) is 1. The summed E-state index contributed by atoms with van der Waals surface area (Å²) >= 11 is 1.94. The Hall–Kier alpha value is -0.590. The van der Waals surface area contributed by atoms with E-state index >= 15 is 0 Å². The van der Waals surface area contributed by atoms with Crippen molar-refractivity contribution < 1.29 is 4.52 Å². The van der Waals surface area contributed by atoms with E-state index in [4.69, 9.17) is 10.3 Å². The van der Waals surface area contributed by atoms with Crippen molar-refractivity contribution in [2.75, 3.05) is 25.1 Å². The van der Waals surface area contributed by atoms with Gasteiger partial charge in [0.05, 0.1) is 11.5 Å². The van der Waals surface area contributed by atoms with Gasteiger partial charge in [0.25, 0.3) is 0 Å². The summed E-state index contributed by atoms with van der Waals surface area (Å²) in [6.45, 7) is 9.12. The third-order valence-electron chi connectivity index (χ3n) is 4.28. The maximum absolute atomic E-state index is 6.22. The number of aromatic nitrogens is 2. The average Bonchev–Trinajstić information content (AvgIpc) is 2.77. The van der Waals surface area contributed by atoms with Gasteiger partial charge in [-0.15, -0.1) is 0 Å². The van der Waals surface area contributed by atoms with Gasteiger partial charge in [0.15, 0.2) is 5.82 Å². The van der Waals surface area contributed by atoms with E-state index in [1.54, 1.807) is 0 Å². The van der Waals surface area contributed by atoms with Crippen molar-refractivity contribution in [2.45, 2.75) is 44.7 Å². The molecule has 0 aliphatic carbocycles. The van der Waals surface area contributed by atoms with Crippen LogP contribution in [0.25, 0.3) is 0 Å². The molecule has 0 bridgehead atoms. The molecule has 1 aromatic rings. The van der Waals surface area contributed by atoms with E-state index in [0.29, 0.717) is 5.89 Å². The fourth-order valence-electron chi connectivity index (χ4n) is 1.86. The maximum Gasteiger partial charge on any atom is 0.234 e. The highest BCUT2D eigenvalue weighted by Crippen LogP contribution is 2.33. The van der Waals surface area contributed by atoms with Gasteiger partial charge >= 0.3 is 0 Å². The molecule has 1 aliphatic rings. The van der Waals surface area contributed by atoms with E-state index in [1.165, 1.54) is 5.75 Å². The van der Waals surface area contributed by atoms with Crippen LogP contribution in [0.4, 0.5) is 0 Å². The summed E-state index contributed by atoms with van der Waals surface area (Å²) in [5, 5.41) is 4.17. The van der Waals surface area contributed by atoms with Crippen LogP contribution in [-0.2, 0) is 5.41 Å². The Morgan fingerprint density at radius 1 is 1.37 bits per heavy atom. The second kappa shape index (κ2) is 5.07. The first-order valence-corrected chi connectivity index (χ1v) is 7.80. The molecule has 0 radical (unpaired) electrons. The number of rotatable bonds is 3. The molecule has 2 N–H and O–H groups in total. The summed E-state index contributed by atoms with van der Waals surface area (Å²) in [7, 11) is 2.11. The summed E-state index contributed by atoms with van der Waals surface area (Å²) in [5.74, 6) is 3.59. The first-order chi connectivity index (χ1) is 8.73. The smallest absolute Gasteiger partial charge is 0.234 e. The van der Waals surface area contributed by atoms with Crippen LogP contribution in [0.1, 0.15) is 45.5 Å². The number of thioether (sulfide) groups is 1. The molecule has 6 heteroatoms. The predicted molar refractivity (Wildman–Crippen MR) is 78.3 cm³/mol. The van der Waals surface area contributed by atoms with Crippen molar-refractivity contribution in [3.05, 3.63) is 11.7 Å². The first-order valence-electron chi connectivity index (χ1n) is 6.64. The van der Waals surface area contributed by atoms with Crippen LogP contribution in [0, 0.1) is 0 Å². The zero-order chi connectivity index (χ0) is 14.3. The van der Waals surface area contributed by atoms with Crippen LogP contribution < -0.4 is 5.73 Å². The van der Waals surface area contributed by atoms with Gasteiger partial charge in [0, 0.05) is 23.6 Å². The Bertz CT molecular complexity index is 438. The van der Waals surface area contributed by atoms with Gasteiger partial charge in [-0.05, 0) is 34.7 Å². The third-order valence-corrected chi connectivity index (χ3v) is 5.30. The lowest BCUT2D eigenvalue weighted by Gasteiger charge is -2.35. The molecule has 5 nitrogen and oxygen atoms in total. The molecule has 0 spiro atoms. The number of nitrogens with two attached hydrogens (primary N) is 1. The SMILES string of the molecule is CN1CCSCC1c1noc(C(C)(C)C(C)(C)N)n1. The largest absolute Gasteiger partial charge is 0.339 e. The summed E-state index contributed by atoms with van der Waals surface area (Å²) in [4.78, 5) is 6.89. The molecule has 1 aliphatic heterocycles. The van der Waals surface area contributed by atoms with Crippen LogP contribution in [0.15, 0.2) is 4.52 Å². The van der Waals surface area contributed by atoms with E-state index in [1.807, 2.05) is 39.5 Å². The Morgan fingerprint density at radius 2 is 2.05 bits per heavy atom. The normalized spacial score (nSPS) is 22.7. The first kappa shape index (κ1) is 14.8. The summed E-state index contributed by atoms with van der Waals surface area (Å²) < 4.78 is 5.48. The lowest BCUT2D eigenvalue weighted by Crippen LogP contribution is -2.50. The molecule has 0 aromatic carbocycles. The molecule has 0 amide bonds. The van der Waals surface area contributed by atoms with Gasteiger partial charge in [0.2, 0.25) is 5.89 Å². The zero-order valence-electron chi connectivity index (χ0n) is 12.4. The molecule has 108 valence electrons. The van der Waals surface area contributed by atoms with Crippen molar-refractivity contribution in [3.63, 3.8) is 0 Å². The molecule has 1 unspecified atom stereocenters. The minimum absolute atomic E-state index is 0.243. The Kier molecular flexibility index (Phi) is 3.95. The Labute approximate surface area is 119 Å². The lowest BCUT2D eigenvalue weighted by molar-refractivity contribution is 0.220. The monoisotopic (exact) mass is 284 g/mol. The van der Waals surface area contributed by atoms with E-state index in [0.717, 1.165) is 18.1 Å². The Balaban J connectivity index is 2.24. The van der Waals surface area contributed by atoms with Gasteiger partial charge in [-0.2, -0.15) is 16.7 Å². The van der Waals surface area contributed by atoms with Gasteiger partial charge in [-0.1, -0.05) is 5.16 Å². The van der Waals surface area contributed by atoms with Crippen LogP contribution in [-0.4, -0.2) is 45.7 Å². The molecule has 19 heavy (non-hydrogen) atoms. The summed E-state index contributed by atoms with van der Waals surface area (Å²) in [6.07, 6.45) is 0. The summed E-state index contributed by atoms with van der Waals surface area (Å²) in [5.41, 5.74) is 5.46. The molecule has 1 fully saturated rings. The maximum atomic E-state index is 6.22. The predicted octanol–water partition coefficient (Wildman–Crippen LogP) is 1.80. The second-order valence-electron chi connectivity index (χ2n) is 6.38. The van der Waals surface area contributed by atoms with Gasteiger partial charge in [-0.25, -0.2) is 0 Å². The second-order valence-corrected chi connectivity index (χ2v) is 7.53. The highest BCUT2D eigenvalue weighted by atomic mass is 32.2.